The van der Waals surface area contributed by atoms with Crippen LogP contribution in [-0.2, 0) is 14.3 Å². The number of hydrogen-bond acceptors (Lipinski definition) is 4. The van der Waals surface area contributed by atoms with Crippen LogP contribution in [0.5, 0.6) is 0 Å². The van der Waals surface area contributed by atoms with E-state index in [0.717, 1.165) is 4.90 Å². The van der Waals surface area contributed by atoms with Crippen molar-refractivity contribution >= 4 is 11.8 Å². The lowest BCUT2D eigenvalue weighted by Crippen LogP contribution is -2.41. The Kier molecular flexibility index (Phi) is 3.38. The van der Waals surface area contributed by atoms with Crippen molar-refractivity contribution in [3.63, 3.8) is 0 Å². The van der Waals surface area contributed by atoms with E-state index in [2.05, 4.69) is 0 Å². The molecule has 1 aliphatic rings. The molecule has 0 bridgehead atoms. The summed E-state index contributed by atoms with van der Waals surface area (Å²) in [5, 5.41) is 8.73. The normalized spacial score (nSPS) is 20.4. The molecule has 0 spiro atoms. The topological polar surface area (TPSA) is 66.8 Å². The molecule has 1 aliphatic heterocycles. The minimum Gasteiger partial charge on any atom is -0.394 e. The van der Waals surface area contributed by atoms with Crippen LogP contribution in [-0.4, -0.2) is 40.8 Å². The average Bonchev–Trinajstić information content (AvgIpc) is 2.46. The van der Waals surface area contributed by atoms with Crippen LogP contribution in [0.3, 0.4) is 0 Å². The Bertz CT molecular complexity index is 256. The fraction of sp³-hybridized carbons (Fsp3) is 0.556. The highest BCUT2D eigenvalue weighted by Gasteiger charge is 2.29. The Labute approximate surface area is 82.0 Å². The Morgan fingerprint density at radius 3 is 2.29 bits per heavy atom. The van der Waals surface area contributed by atoms with Gasteiger partial charge in [0, 0.05) is 12.2 Å². The first-order valence-electron chi connectivity index (χ1n) is 4.37. The molecule has 5 nitrogen and oxygen atoms in total. The van der Waals surface area contributed by atoms with Crippen LogP contribution in [0.4, 0.5) is 0 Å². The molecule has 1 rings (SSSR count). The van der Waals surface area contributed by atoms with Crippen LogP contribution in [0.1, 0.15) is 13.8 Å². The van der Waals surface area contributed by atoms with Gasteiger partial charge in [0.1, 0.15) is 6.23 Å². The van der Waals surface area contributed by atoms with Crippen LogP contribution in [0.25, 0.3) is 0 Å². The van der Waals surface area contributed by atoms with Gasteiger partial charge < -0.3 is 9.84 Å². The number of rotatable bonds is 4. The van der Waals surface area contributed by atoms with Crippen LogP contribution in [0.15, 0.2) is 12.2 Å². The Morgan fingerprint density at radius 1 is 1.36 bits per heavy atom. The molecule has 0 aromatic rings. The Balaban J connectivity index is 2.57. The highest BCUT2D eigenvalue weighted by Crippen LogP contribution is 2.11. The number of aliphatic hydroxyl groups is 1. The van der Waals surface area contributed by atoms with Crippen molar-refractivity contribution in [1.29, 1.82) is 0 Å². The second-order valence-corrected chi connectivity index (χ2v) is 3.11. The number of ether oxygens (including phenoxy) is 1. The third-order valence-corrected chi connectivity index (χ3v) is 1.89. The zero-order chi connectivity index (χ0) is 10.7. The van der Waals surface area contributed by atoms with Gasteiger partial charge in [0.2, 0.25) is 0 Å². The molecule has 2 amide bonds. The van der Waals surface area contributed by atoms with Gasteiger partial charge in [-0.05, 0) is 13.8 Å². The van der Waals surface area contributed by atoms with Crippen LogP contribution in [0, 0.1) is 0 Å². The molecule has 0 aromatic carbocycles. The van der Waals surface area contributed by atoms with Gasteiger partial charge in [0.25, 0.3) is 11.8 Å². The molecule has 2 unspecified atom stereocenters. The van der Waals surface area contributed by atoms with E-state index in [1.807, 2.05) is 0 Å². The Morgan fingerprint density at radius 2 is 1.86 bits per heavy atom. The smallest absolute Gasteiger partial charge is 0.255 e. The maximum absolute atomic E-state index is 11.2. The van der Waals surface area contributed by atoms with Crippen LogP contribution >= 0.6 is 0 Å². The summed E-state index contributed by atoms with van der Waals surface area (Å²) < 4.78 is 5.22. The molecule has 1 heterocycles. The molecule has 1 N–H and O–H groups in total. The first-order valence-corrected chi connectivity index (χ1v) is 4.37. The molecular formula is C9H13NO4. The number of carbonyl (C=O) groups is 2. The fourth-order valence-electron chi connectivity index (χ4n) is 1.21. The summed E-state index contributed by atoms with van der Waals surface area (Å²) >= 11 is 0. The highest BCUT2D eigenvalue weighted by molar-refractivity contribution is 6.13. The van der Waals surface area contributed by atoms with E-state index in [4.69, 9.17) is 9.84 Å². The van der Waals surface area contributed by atoms with Crippen molar-refractivity contribution in [1.82, 2.24) is 4.90 Å². The molecule has 0 aliphatic carbocycles. The lowest BCUT2D eigenvalue weighted by Gasteiger charge is -2.25. The third-order valence-electron chi connectivity index (χ3n) is 1.89. The van der Waals surface area contributed by atoms with Crippen molar-refractivity contribution in [3.05, 3.63) is 12.2 Å². The lowest BCUT2D eigenvalue weighted by molar-refractivity contribution is -0.156. The van der Waals surface area contributed by atoms with Gasteiger partial charge in [-0.15, -0.1) is 0 Å². The van der Waals surface area contributed by atoms with E-state index in [1.165, 1.54) is 12.2 Å². The van der Waals surface area contributed by atoms with Crippen molar-refractivity contribution in [3.8, 4) is 0 Å². The van der Waals surface area contributed by atoms with Crippen LogP contribution < -0.4 is 0 Å². The monoisotopic (exact) mass is 199 g/mol. The lowest BCUT2D eigenvalue weighted by atomic mass is 10.4. The van der Waals surface area contributed by atoms with E-state index in [-0.39, 0.29) is 18.4 Å². The second kappa shape index (κ2) is 4.34. The van der Waals surface area contributed by atoms with Crippen molar-refractivity contribution < 1.29 is 19.4 Å². The number of aliphatic hydroxyl groups excluding tert-OH is 1. The standard InChI is InChI=1S/C9H13NO4/c1-6(5-11)14-7(2)10-8(12)3-4-9(10)13/h3-4,6-7,11H,5H2,1-2H3. The quantitative estimate of drug-likeness (QED) is 0.629. The zero-order valence-electron chi connectivity index (χ0n) is 8.14. The van der Waals surface area contributed by atoms with E-state index in [9.17, 15) is 9.59 Å². The van der Waals surface area contributed by atoms with Crippen LogP contribution in [0.2, 0.25) is 0 Å². The summed E-state index contributed by atoms with van der Waals surface area (Å²) in [6.45, 7) is 3.11. The predicted octanol–water partition coefficient (Wildman–Crippen LogP) is -0.345. The predicted molar refractivity (Wildman–Crippen MR) is 48.1 cm³/mol. The molecule has 14 heavy (non-hydrogen) atoms. The molecule has 2 atom stereocenters. The first kappa shape index (κ1) is 10.9. The molecule has 0 saturated carbocycles. The first-order chi connectivity index (χ1) is 6.56. The average molecular weight is 199 g/mol. The molecule has 5 heteroatoms. The summed E-state index contributed by atoms with van der Waals surface area (Å²) in [6, 6.07) is 0. The van der Waals surface area contributed by atoms with Gasteiger partial charge in [0.15, 0.2) is 0 Å². The maximum Gasteiger partial charge on any atom is 0.255 e. The number of nitrogens with zero attached hydrogens (tertiary/aromatic N) is 1. The largest absolute Gasteiger partial charge is 0.394 e. The van der Waals surface area contributed by atoms with Crippen molar-refractivity contribution in [2.75, 3.05) is 6.61 Å². The molecular weight excluding hydrogens is 186 g/mol. The van der Waals surface area contributed by atoms with Gasteiger partial charge in [-0.25, -0.2) is 4.90 Å². The van der Waals surface area contributed by atoms with E-state index >= 15 is 0 Å². The number of amides is 2. The summed E-state index contributed by atoms with van der Waals surface area (Å²) in [7, 11) is 0. The zero-order valence-corrected chi connectivity index (χ0v) is 8.14. The second-order valence-electron chi connectivity index (χ2n) is 3.11. The van der Waals surface area contributed by atoms with Gasteiger partial charge in [0.05, 0.1) is 12.7 Å². The minimum atomic E-state index is -0.646. The molecule has 0 radical (unpaired) electrons. The number of carbonyl (C=O) groups excluding carboxylic acids is 2. The van der Waals surface area contributed by atoms with E-state index in [1.54, 1.807) is 13.8 Å². The van der Waals surface area contributed by atoms with E-state index in [0.29, 0.717) is 0 Å². The van der Waals surface area contributed by atoms with Gasteiger partial charge in [-0.1, -0.05) is 0 Å². The minimum absolute atomic E-state index is 0.145. The molecule has 78 valence electrons. The summed E-state index contributed by atoms with van der Waals surface area (Å²) in [6.07, 6.45) is 1.36. The summed E-state index contributed by atoms with van der Waals surface area (Å²) in [4.78, 5) is 23.3. The van der Waals surface area contributed by atoms with Gasteiger partial charge in [-0.3, -0.25) is 9.59 Å². The summed E-state index contributed by atoms with van der Waals surface area (Å²) in [5.74, 6) is -0.764. The van der Waals surface area contributed by atoms with E-state index < -0.39 is 12.3 Å². The maximum atomic E-state index is 11.2. The molecule has 0 aromatic heterocycles. The van der Waals surface area contributed by atoms with Crippen molar-refractivity contribution in [2.24, 2.45) is 0 Å². The fourth-order valence-corrected chi connectivity index (χ4v) is 1.21. The highest BCUT2D eigenvalue weighted by atomic mass is 16.5. The molecule has 0 fully saturated rings. The Hall–Kier alpha value is -1.20. The van der Waals surface area contributed by atoms with Crippen molar-refractivity contribution in [2.45, 2.75) is 26.2 Å². The number of imide groups is 1. The van der Waals surface area contributed by atoms with Gasteiger partial charge in [-0.2, -0.15) is 0 Å². The third kappa shape index (κ3) is 2.18. The number of hydrogen-bond donors (Lipinski definition) is 1. The SMILES string of the molecule is CC(CO)OC(C)N1C(=O)C=CC1=O. The van der Waals surface area contributed by atoms with Gasteiger partial charge >= 0.3 is 0 Å². The molecule has 0 saturated heterocycles. The summed E-state index contributed by atoms with van der Waals surface area (Å²) in [5.41, 5.74) is 0.